The van der Waals surface area contributed by atoms with Gasteiger partial charge in [-0.2, -0.15) is 5.26 Å². The van der Waals surface area contributed by atoms with Gasteiger partial charge in [-0.05, 0) is 43.1 Å². The molecule has 2 aliphatic rings. The summed E-state index contributed by atoms with van der Waals surface area (Å²) in [5.74, 6) is 0.0614. The topological polar surface area (TPSA) is 76.4 Å². The van der Waals surface area contributed by atoms with Crippen LogP contribution in [0.25, 0.3) is 0 Å². The molecule has 1 fully saturated rings. The number of likely N-dealkylation sites (N-methyl/N-ethyl adjacent to an activating group) is 1. The van der Waals surface area contributed by atoms with E-state index in [1.807, 2.05) is 48.5 Å². The van der Waals surface area contributed by atoms with Crippen molar-refractivity contribution < 1.29 is 9.90 Å². The fourth-order valence-corrected chi connectivity index (χ4v) is 5.09. The molecular formula is C24H27N3O2. The second-order valence-corrected chi connectivity index (χ2v) is 8.14. The standard InChI is InChI=1S/C24H27N3O2/c1-26-16-21(28)22(18-8-4-2-5-9-18)27-20-14-17(15-25)10-11-19(20)24(23(27)29)12-6-3-7-13-24/h2,4-5,8-11,14,21-22,26,28H,3,6-7,12-13,16H2,1H3. The Kier molecular flexibility index (Phi) is 5.40. The number of amides is 1. The summed E-state index contributed by atoms with van der Waals surface area (Å²) >= 11 is 0. The Morgan fingerprint density at radius 1 is 1.17 bits per heavy atom. The maximum absolute atomic E-state index is 14.0. The Balaban J connectivity index is 1.89. The Morgan fingerprint density at radius 2 is 1.90 bits per heavy atom. The number of carbonyl (C=O) groups is 1. The third-order valence-corrected chi connectivity index (χ3v) is 6.43. The SMILES string of the molecule is CNCC(O)C(c1ccccc1)N1C(=O)C2(CCCCC2)c2ccc(C#N)cc21. The lowest BCUT2D eigenvalue weighted by Crippen LogP contribution is -2.47. The average molecular weight is 389 g/mol. The van der Waals surface area contributed by atoms with Gasteiger partial charge in [0.05, 0.1) is 34.9 Å². The summed E-state index contributed by atoms with van der Waals surface area (Å²) in [7, 11) is 1.79. The number of anilines is 1. The zero-order chi connectivity index (χ0) is 20.4. The van der Waals surface area contributed by atoms with Gasteiger partial charge in [0, 0.05) is 6.54 Å². The molecule has 29 heavy (non-hydrogen) atoms. The Bertz CT molecular complexity index is 929. The van der Waals surface area contributed by atoms with Crippen LogP contribution >= 0.6 is 0 Å². The van der Waals surface area contributed by atoms with Crippen molar-refractivity contribution in [1.82, 2.24) is 5.32 Å². The molecule has 1 saturated carbocycles. The minimum atomic E-state index is -0.774. The van der Waals surface area contributed by atoms with Gasteiger partial charge < -0.3 is 15.3 Å². The number of nitrogens with one attached hydrogen (secondary N) is 1. The second kappa shape index (κ2) is 7.98. The fourth-order valence-electron chi connectivity index (χ4n) is 5.09. The number of benzene rings is 2. The summed E-state index contributed by atoms with van der Waals surface area (Å²) < 4.78 is 0. The highest BCUT2D eigenvalue weighted by molar-refractivity contribution is 6.09. The highest BCUT2D eigenvalue weighted by Crippen LogP contribution is 2.53. The van der Waals surface area contributed by atoms with Gasteiger partial charge in [-0.3, -0.25) is 4.79 Å². The lowest BCUT2D eigenvalue weighted by Gasteiger charge is -2.36. The molecule has 1 spiro atoms. The van der Waals surface area contributed by atoms with Gasteiger partial charge in [0.2, 0.25) is 5.91 Å². The zero-order valence-electron chi connectivity index (χ0n) is 16.8. The number of hydrogen-bond acceptors (Lipinski definition) is 4. The van der Waals surface area contributed by atoms with Crippen LogP contribution in [-0.2, 0) is 10.2 Å². The number of fused-ring (bicyclic) bond motifs is 2. The smallest absolute Gasteiger partial charge is 0.238 e. The number of rotatable bonds is 5. The van der Waals surface area contributed by atoms with Gasteiger partial charge in [-0.1, -0.05) is 55.7 Å². The van der Waals surface area contributed by atoms with E-state index in [1.54, 1.807) is 11.9 Å². The molecule has 0 radical (unpaired) electrons. The van der Waals surface area contributed by atoms with E-state index in [0.717, 1.165) is 48.9 Å². The predicted octanol–water partition coefficient (Wildman–Crippen LogP) is 3.43. The first-order valence-electron chi connectivity index (χ1n) is 10.4. The van der Waals surface area contributed by atoms with Crippen molar-refractivity contribution in [2.45, 2.75) is 49.7 Å². The van der Waals surface area contributed by atoms with Gasteiger partial charge in [0.1, 0.15) is 0 Å². The van der Waals surface area contributed by atoms with Gasteiger partial charge in [0.15, 0.2) is 0 Å². The van der Waals surface area contributed by atoms with Crippen LogP contribution in [0.1, 0.15) is 54.8 Å². The molecule has 2 aromatic carbocycles. The van der Waals surface area contributed by atoms with E-state index in [2.05, 4.69) is 11.4 Å². The summed E-state index contributed by atoms with van der Waals surface area (Å²) in [6, 6.07) is 17.0. The van der Waals surface area contributed by atoms with E-state index >= 15 is 0 Å². The van der Waals surface area contributed by atoms with Crippen molar-refractivity contribution in [3.8, 4) is 6.07 Å². The van der Waals surface area contributed by atoms with Crippen molar-refractivity contribution in [2.75, 3.05) is 18.5 Å². The fraction of sp³-hybridized carbons (Fsp3) is 0.417. The average Bonchev–Trinajstić information content (AvgIpc) is 2.98. The molecule has 1 aliphatic heterocycles. The van der Waals surface area contributed by atoms with Crippen molar-refractivity contribution >= 4 is 11.6 Å². The van der Waals surface area contributed by atoms with E-state index in [0.29, 0.717) is 12.1 Å². The lowest BCUT2D eigenvalue weighted by atomic mass is 9.70. The van der Waals surface area contributed by atoms with E-state index in [4.69, 9.17) is 0 Å². The van der Waals surface area contributed by atoms with Crippen LogP contribution in [0.3, 0.4) is 0 Å². The van der Waals surface area contributed by atoms with Crippen LogP contribution in [-0.4, -0.2) is 30.7 Å². The Morgan fingerprint density at radius 3 is 2.55 bits per heavy atom. The molecule has 1 aliphatic carbocycles. The monoisotopic (exact) mass is 389 g/mol. The van der Waals surface area contributed by atoms with Crippen LogP contribution in [0, 0.1) is 11.3 Å². The number of nitriles is 1. The second-order valence-electron chi connectivity index (χ2n) is 8.14. The number of nitrogens with zero attached hydrogens (tertiary/aromatic N) is 2. The molecule has 2 aromatic rings. The summed E-state index contributed by atoms with van der Waals surface area (Å²) in [5.41, 5.74) is 2.68. The highest BCUT2D eigenvalue weighted by Gasteiger charge is 2.53. The molecule has 150 valence electrons. The molecule has 2 unspecified atom stereocenters. The van der Waals surface area contributed by atoms with Crippen LogP contribution < -0.4 is 10.2 Å². The molecule has 5 nitrogen and oxygen atoms in total. The van der Waals surface area contributed by atoms with E-state index in [-0.39, 0.29) is 5.91 Å². The molecule has 0 bridgehead atoms. The minimum absolute atomic E-state index is 0.0614. The molecule has 1 amide bonds. The first kappa shape index (κ1) is 19.6. The Labute approximate surface area is 172 Å². The zero-order valence-corrected chi connectivity index (χ0v) is 16.8. The number of aliphatic hydroxyl groups excluding tert-OH is 1. The largest absolute Gasteiger partial charge is 0.389 e. The number of hydrogen-bond donors (Lipinski definition) is 2. The van der Waals surface area contributed by atoms with Crippen molar-refractivity contribution in [1.29, 1.82) is 5.26 Å². The first-order valence-corrected chi connectivity index (χ1v) is 10.4. The maximum Gasteiger partial charge on any atom is 0.238 e. The molecule has 0 saturated heterocycles. The molecule has 0 aromatic heterocycles. The van der Waals surface area contributed by atoms with E-state index in [9.17, 15) is 15.2 Å². The Hall–Kier alpha value is -2.68. The van der Waals surface area contributed by atoms with Crippen LogP contribution in [0.4, 0.5) is 5.69 Å². The van der Waals surface area contributed by atoms with Crippen molar-refractivity contribution in [3.63, 3.8) is 0 Å². The molecule has 2 atom stereocenters. The van der Waals surface area contributed by atoms with Crippen molar-refractivity contribution in [3.05, 3.63) is 65.2 Å². The van der Waals surface area contributed by atoms with Crippen LogP contribution in [0.2, 0.25) is 0 Å². The minimum Gasteiger partial charge on any atom is -0.389 e. The first-order chi connectivity index (χ1) is 14.1. The van der Waals surface area contributed by atoms with Gasteiger partial charge in [-0.15, -0.1) is 0 Å². The normalized spacial score (nSPS) is 19.6. The van der Waals surface area contributed by atoms with E-state index < -0.39 is 17.6 Å². The summed E-state index contributed by atoms with van der Waals surface area (Å²) in [6.45, 7) is 0.365. The molecule has 4 rings (SSSR count). The molecule has 2 N–H and O–H groups in total. The summed E-state index contributed by atoms with van der Waals surface area (Å²) in [4.78, 5) is 15.8. The third-order valence-electron chi connectivity index (χ3n) is 6.43. The van der Waals surface area contributed by atoms with Gasteiger partial charge in [-0.25, -0.2) is 0 Å². The quantitative estimate of drug-likeness (QED) is 0.821. The predicted molar refractivity (Wildman–Crippen MR) is 113 cm³/mol. The number of carbonyl (C=O) groups excluding carboxylic acids is 1. The lowest BCUT2D eigenvalue weighted by molar-refractivity contribution is -0.125. The van der Waals surface area contributed by atoms with Crippen LogP contribution in [0.5, 0.6) is 0 Å². The van der Waals surface area contributed by atoms with Crippen molar-refractivity contribution in [2.24, 2.45) is 0 Å². The van der Waals surface area contributed by atoms with Gasteiger partial charge in [0.25, 0.3) is 0 Å². The molecule has 1 heterocycles. The number of aliphatic hydroxyl groups is 1. The third kappa shape index (κ3) is 3.23. The van der Waals surface area contributed by atoms with Gasteiger partial charge >= 0.3 is 0 Å². The summed E-state index contributed by atoms with van der Waals surface area (Å²) in [6.07, 6.45) is 4.06. The van der Waals surface area contributed by atoms with E-state index in [1.165, 1.54) is 0 Å². The summed E-state index contributed by atoms with van der Waals surface area (Å²) in [5, 5.41) is 23.6. The highest BCUT2D eigenvalue weighted by atomic mass is 16.3. The molecule has 5 heteroatoms. The molecular weight excluding hydrogens is 362 g/mol. The van der Waals surface area contributed by atoms with Crippen LogP contribution in [0.15, 0.2) is 48.5 Å². The maximum atomic E-state index is 14.0.